The molecule has 6 nitrogen and oxygen atoms in total. The summed E-state index contributed by atoms with van der Waals surface area (Å²) in [7, 11) is 0. The number of hydrogen-bond acceptors (Lipinski definition) is 5. The summed E-state index contributed by atoms with van der Waals surface area (Å²) in [6, 6.07) is 15.3. The number of ether oxygens (including phenoxy) is 1. The molecule has 25 heavy (non-hydrogen) atoms. The SMILES string of the molecule is O=C(Cc1nc2cccc(NC3CCCOC3)n2n1)c1ccccc1. The predicted molar refractivity (Wildman–Crippen MR) is 94.9 cm³/mol. The number of carbonyl (C=O) groups is 1. The van der Waals surface area contributed by atoms with Crippen LogP contribution in [0.2, 0.25) is 0 Å². The summed E-state index contributed by atoms with van der Waals surface area (Å²) in [6.45, 7) is 1.53. The Morgan fingerprint density at radius 2 is 2.08 bits per heavy atom. The molecule has 3 aromatic rings. The predicted octanol–water partition coefficient (Wildman–Crippen LogP) is 2.75. The molecule has 1 atom stereocenters. The lowest BCUT2D eigenvalue weighted by molar-refractivity contribution is 0.0874. The van der Waals surface area contributed by atoms with Crippen LogP contribution in [-0.2, 0) is 11.2 Å². The topological polar surface area (TPSA) is 68.5 Å². The van der Waals surface area contributed by atoms with Crippen LogP contribution >= 0.6 is 0 Å². The zero-order valence-corrected chi connectivity index (χ0v) is 13.9. The average molecular weight is 336 g/mol. The van der Waals surface area contributed by atoms with Crippen LogP contribution in [0.5, 0.6) is 0 Å². The van der Waals surface area contributed by atoms with Gasteiger partial charge in [0.25, 0.3) is 0 Å². The summed E-state index contributed by atoms with van der Waals surface area (Å²) in [5, 5.41) is 8.00. The van der Waals surface area contributed by atoms with E-state index in [1.807, 2.05) is 48.5 Å². The molecule has 3 heterocycles. The zero-order chi connectivity index (χ0) is 17.1. The van der Waals surface area contributed by atoms with Gasteiger partial charge in [-0.3, -0.25) is 4.79 Å². The number of Topliss-reactive ketones (excluding diaryl/α,β-unsaturated/α-hetero) is 1. The first-order valence-electron chi connectivity index (χ1n) is 8.57. The number of carbonyl (C=O) groups excluding carboxylic acids is 1. The number of pyridine rings is 1. The van der Waals surface area contributed by atoms with Crippen LogP contribution in [0.25, 0.3) is 5.65 Å². The summed E-state index contributed by atoms with van der Waals surface area (Å²) in [5.41, 5.74) is 1.41. The minimum atomic E-state index is 0.0201. The third-order valence-corrected chi connectivity index (χ3v) is 4.33. The van der Waals surface area contributed by atoms with Gasteiger partial charge in [0.2, 0.25) is 0 Å². The number of rotatable bonds is 5. The molecule has 1 fully saturated rings. The lowest BCUT2D eigenvalue weighted by atomic mass is 10.1. The second kappa shape index (κ2) is 7.03. The van der Waals surface area contributed by atoms with E-state index in [0.717, 1.165) is 30.9 Å². The Morgan fingerprint density at radius 3 is 2.88 bits per heavy atom. The van der Waals surface area contributed by atoms with Crippen molar-refractivity contribution in [2.24, 2.45) is 0 Å². The Kier molecular flexibility index (Phi) is 4.43. The first-order chi connectivity index (χ1) is 12.3. The van der Waals surface area contributed by atoms with E-state index in [1.165, 1.54) is 0 Å². The highest BCUT2D eigenvalue weighted by atomic mass is 16.5. The number of fused-ring (bicyclic) bond motifs is 1. The summed E-state index contributed by atoms with van der Waals surface area (Å²) >= 11 is 0. The van der Waals surface area contributed by atoms with Crippen molar-refractivity contribution in [2.45, 2.75) is 25.3 Å². The molecule has 0 bridgehead atoms. The van der Waals surface area contributed by atoms with Crippen LogP contribution in [0, 0.1) is 0 Å². The van der Waals surface area contributed by atoms with E-state index < -0.39 is 0 Å². The van der Waals surface area contributed by atoms with Crippen molar-refractivity contribution in [1.82, 2.24) is 14.6 Å². The average Bonchev–Trinajstić information content (AvgIpc) is 3.07. The van der Waals surface area contributed by atoms with Crippen molar-refractivity contribution in [3.8, 4) is 0 Å². The van der Waals surface area contributed by atoms with E-state index in [4.69, 9.17) is 4.74 Å². The molecule has 0 spiro atoms. The van der Waals surface area contributed by atoms with Crippen molar-refractivity contribution in [3.05, 3.63) is 59.9 Å². The molecular formula is C19H20N4O2. The molecule has 1 aliphatic heterocycles. The Balaban J connectivity index is 1.55. The van der Waals surface area contributed by atoms with Gasteiger partial charge in [-0.25, -0.2) is 4.98 Å². The highest BCUT2D eigenvalue weighted by molar-refractivity contribution is 5.97. The largest absolute Gasteiger partial charge is 0.379 e. The van der Waals surface area contributed by atoms with Crippen molar-refractivity contribution >= 4 is 17.2 Å². The van der Waals surface area contributed by atoms with Gasteiger partial charge >= 0.3 is 0 Å². The molecule has 0 radical (unpaired) electrons. The van der Waals surface area contributed by atoms with Crippen LogP contribution in [0.1, 0.15) is 29.0 Å². The third-order valence-electron chi connectivity index (χ3n) is 4.33. The lowest BCUT2D eigenvalue weighted by Crippen LogP contribution is -2.30. The maximum atomic E-state index is 12.4. The first-order valence-corrected chi connectivity index (χ1v) is 8.57. The molecule has 0 aliphatic carbocycles. The van der Waals surface area contributed by atoms with Gasteiger partial charge in [0, 0.05) is 12.2 Å². The van der Waals surface area contributed by atoms with Gasteiger partial charge in [0.05, 0.1) is 19.1 Å². The first kappa shape index (κ1) is 15.8. The van der Waals surface area contributed by atoms with Gasteiger partial charge in [0.1, 0.15) is 5.82 Å². The number of hydrogen-bond donors (Lipinski definition) is 1. The Hall–Kier alpha value is -2.73. The Morgan fingerprint density at radius 1 is 1.20 bits per heavy atom. The van der Waals surface area contributed by atoms with Crippen molar-refractivity contribution in [2.75, 3.05) is 18.5 Å². The van der Waals surface area contributed by atoms with Crippen LogP contribution in [0.4, 0.5) is 5.82 Å². The minimum absolute atomic E-state index is 0.0201. The van der Waals surface area contributed by atoms with E-state index in [0.29, 0.717) is 18.0 Å². The number of anilines is 1. The highest BCUT2D eigenvalue weighted by Gasteiger charge is 2.16. The van der Waals surface area contributed by atoms with E-state index in [1.54, 1.807) is 4.52 Å². The fourth-order valence-corrected chi connectivity index (χ4v) is 3.07. The Bertz CT molecular complexity index is 870. The summed E-state index contributed by atoms with van der Waals surface area (Å²) in [6.07, 6.45) is 2.32. The molecule has 128 valence electrons. The molecule has 1 N–H and O–H groups in total. The van der Waals surface area contributed by atoms with E-state index in [-0.39, 0.29) is 18.2 Å². The van der Waals surface area contributed by atoms with E-state index >= 15 is 0 Å². The molecular weight excluding hydrogens is 316 g/mol. The number of benzene rings is 1. The van der Waals surface area contributed by atoms with E-state index in [9.17, 15) is 4.79 Å². The van der Waals surface area contributed by atoms with Crippen LogP contribution in [0.15, 0.2) is 48.5 Å². The van der Waals surface area contributed by atoms with Gasteiger partial charge in [0.15, 0.2) is 17.3 Å². The molecule has 4 rings (SSSR count). The normalized spacial score (nSPS) is 17.5. The van der Waals surface area contributed by atoms with Crippen molar-refractivity contribution < 1.29 is 9.53 Å². The third kappa shape index (κ3) is 3.53. The highest BCUT2D eigenvalue weighted by Crippen LogP contribution is 2.16. The maximum Gasteiger partial charge on any atom is 0.170 e. The number of nitrogens with one attached hydrogen (secondary N) is 1. The molecule has 1 unspecified atom stereocenters. The van der Waals surface area contributed by atoms with Gasteiger partial charge in [-0.1, -0.05) is 36.4 Å². The van der Waals surface area contributed by atoms with E-state index in [2.05, 4.69) is 15.4 Å². The van der Waals surface area contributed by atoms with Gasteiger partial charge in [-0.15, -0.1) is 5.10 Å². The molecule has 1 aromatic carbocycles. The van der Waals surface area contributed by atoms with Gasteiger partial charge < -0.3 is 10.1 Å². The number of aromatic nitrogens is 3. The maximum absolute atomic E-state index is 12.4. The lowest BCUT2D eigenvalue weighted by Gasteiger charge is -2.24. The van der Waals surface area contributed by atoms with Crippen LogP contribution in [0.3, 0.4) is 0 Å². The van der Waals surface area contributed by atoms with Crippen LogP contribution < -0.4 is 5.32 Å². The summed E-state index contributed by atoms with van der Waals surface area (Å²) in [4.78, 5) is 16.9. The smallest absolute Gasteiger partial charge is 0.170 e. The molecule has 0 amide bonds. The van der Waals surface area contributed by atoms with Crippen LogP contribution in [-0.4, -0.2) is 39.6 Å². The standard InChI is InChI=1S/C19H20N4O2/c24-16(14-6-2-1-3-7-14)12-17-21-19-10-4-9-18(23(19)22-17)20-15-8-5-11-25-13-15/h1-4,6-7,9-10,15,20H,5,8,11-13H2. The monoisotopic (exact) mass is 336 g/mol. The molecule has 2 aromatic heterocycles. The summed E-state index contributed by atoms with van der Waals surface area (Å²) < 4.78 is 7.29. The van der Waals surface area contributed by atoms with Crippen molar-refractivity contribution in [1.29, 1.82) is 0 Å². The fourth-order valence-electron chi connectivity index (χ4n) is 3.07. The number of ketones is 1. The number of nitrogens with zero attached hydrogens (tertiary/aromatic N) is 3. The van der Waals surface area contributed by atoms with Gasteiger partial charge in [-0.05, 0) is 25.0 Å². The quantitative estimate of drug-likeness (QED) is 0.726. The Labute approximate surface area is 145 Å². The molecule has 1 saturated heterocycles. The zero-order valence-electron chi connectivity index (χ0n) is 13.9. The summed E-state index contributed by atoms with van der Waals surface area (Å²) in [5.74, 6) is 1.42. The van der Waals surface area contributed by atoms with Gasteiger partial charge in [-0.2, -0.15) is 4.52 Å². The fraction of sp³-hybridized carbons (Fsp3) is 0.316. The second-order valence-corrected chi connectivity index (χ2v) is 6.23. The van der Waals surface area contributed by atoms with Crippen molar-refractivity contribution in [3.63, 3.8) is 0 Å². The molecule has 6 heteroatoms. The molecule has 1 aliphatic rings. The second-order valence-electron chi connectivity index (χ2n) is 6.23. The minimum Gasteiger partial charge on any atom is -0.379 e. The molecule has 0 saturated carbocycles.